The number of hydrogen-bond acceptors (Lipinski definition) is 6. The molecular formula is C21H13Cl2NO5. The van der Waals surface area contributed by atoms with Crippen molar-refractivity contribution in [2.45, 2.75) is 6.92 Å². The molecule has 0 bridgehead atoms. The molecule has 0 aliphatic heterocycles. The lowest BCUT2D eigenvalue weighted by atomic mass is 10.1. The second-order valence-corrected chi connectivity index (χ2v) is 6.85. The molecule has 2 heterocycles. The number of esters is 1. The first kappa shape index (κ1) is 19.2. The van der Waals surface area contributed by atoms with Gasteiger partial charge in [0.15, 0.2) is 5.75 Å². The zero-order chi connectivity index (χ0) is 20.5. The summed E-state index contributed by atoms with van der Waals surface area (Å²) in [6.07, 6.45) is 1.52. The van der Waals surface area contributed by atoms with Gasteiger partial charge in [-0.3, -0.25) is 4.98 Å². The van der Waals surface area contributed by atoms with E-state index in [1.165, 1.54) is 18.3 Å². The van der Waals surface area contributed by atoms with Crippen molar-refractivity contribution in [3.05, 3.63) is 74.7 Å². The number of pyridine rings is 1. The van der Waals surface area contributed by atoms with E-state index in [9.17, 15) is 9.59 Å². The zero-order valence-corrected chi connectivity index (χ0v) is 16.6. The van der Waals surface area contributed by atoms with E-state index in [0.717, 1.165) is 0 Å². The first-order valence-electron chi connectivity index (χ1n) is 8.63. The number of benzene rings is 2. The van der Waals surface area contributed by atoms with Crippen LogP contribution in [0.25, 0.3) is 21.9 Å². The van der Waals surface area contributed by atoms with Crippen LogP contribution < -0.4 is 15.1 Å². The van der Waals surface area contributed by atoms with Gasteiger partial charge in [-0.15, -0.1) is 0 Å². The van der Waals surface area contributed by atoms with Gasteiger partial charge in [0, 0.05) is 23.0 Å². The summed E-state index contributed by atoms with van der Waals surface area (Å²) < 4.78 is 16.1. The molecule has 2 aromatic heterocycles. The zero-order valence-electron chi connectivity index (χ0n) is 15.1. The second-order valence-electron chi connectivity index (χ2n) is 6.04. The molecule has 0 radical (unpaired) electrons. The van der Waals surface area contributed by atoms with Crippen molar-refractivity contribution in [3.8, 4) is 11.5 Å². The van der Waals surface area contributed by atoms with Gasteiger partial charge in [0.25, 0.3) is 0 Å². The minimum absolute atomic E-state index is 0.0165. The van der Waals surface area contributed by atoms with Gasteiger partial charge in [-0.25, -0.2) is 9.59 Å². The average molecular weight is 430 g/mol. The summed E-state index contributed by atoms with van der Waals surface area (Å²) in [4.78, 5) is 29.2. The van der Waals surface area contributed by atoms with Crippen molar-refractivity contribution in [1.29, 1.82) is 0 Å². The van der Waals surface area contributed by atoms with Gasteiger partial charge in [-0.2, -0.15) is 0 Å². The van der Waals surface area contributed by atoms with Crippen LogP contribution in [0.4, 0.5) is 0 Å². The van der Waals surface area contributed by atoms with Crippen molar-refractivity contribution in [2.75, 3.05) is 6.61 Å². The summed E-state index contributed by atoms with van der Waals surface area (Å²) in [6.45, 7) is 2.32. The standard InChI is InChI=1S/C21H13Cl2NO5/c1-2-27-12-6-5-11-8-14(20(25)28-17(11)9-12)21(26)29-19-16(23)10-15(22)13-4-3-7-24-18(13)19/h3-10H,2H2,1H3. The van der Waals surface area contributed by atoms with Gasteiger partial charge in [-0.1, -0.05) is 23.2 Å². The SMILES string of the molecule is CCOc1ccc2cc(C(=O)Oc3c(Cl)cc(Cl)c4cccnc34)c(=O)oc2c1. The van der Waals surface area contributed by atoms with E-state index in [4.69, 9.17) is 37.1 Å². The van der Waals surface area contributed by atoms with Crippen molar-refractivity contribution < 1.29 is 18.7 Å². The Bertz CT molecular complexity index is 1320. The van der Waals surface area contributed by atoms with Crippen LogP contribution in [0.2, 0.25) is 10.0 Å². The highest BCUT2D eigenvalue weighted by Gasteiger charge is 2.21. The summed E-state index contributed by atoms with van der Waals surface area (Å²) >= 11 is 12.4. The molecule has 0 amide bonds. The van der Waals surface area contributed by atoms with Crippen LogP contribution in [0.5, 0.6) is 11.5 Å². The number of halogens is 2. The van der Waals surface area contributed by atoms with Crippen molar-refractivity contribution in [3.63, 3.8) is 0 Å². The van der Waals surface area contributed by atoms with E-state index in [0.29, 0.717) is 39.3 Å². The third-order valence-corrected chi connectivity index (χ3v) is 4.78. The Morgan fingerprint density at radius 3 is 2.76 bits per heavy atom. The number of hydrogen-bond donors (Lipinski definition) is 0. The number of carbonyl (C=O) groups excluding carboxylic acids is 1. The quantitative estimate of drug-likeness (QED) is 0.250. The van der Waals surface area contributed by atoms with Crippen molar-refractivity contribution in [1.82, 2.24) is 4.98 Å². The largest absolute Gasteiger partial charge is 0.494 e. The third-order valence-electron chi connectivity index (χ3n) is 4.18. The summed E-state index contributed by atoms with van der Waals surface area (Å²) in [5, 5.41) is 1.58. The van der Waals surface area contributed by atoms with E-state index in [2.05, 4.69) is 4.98 Å². The Morgan fingerprint density at radius 2 is 1.97 bits per heavy atom. The average Bonchev–Trinajstić information content (AvgIpc) is 2.70. The molecule has 8 heteroatoms. The molecule has 0 aliphatic rings. The van der Waals surface area contributed by atoms with E-state index in [1.54, 1.807) is 30.3 Å². The van der Waals surface area contributed by atoms with Gasteiger partial charge >= 0.3 is 11.6 Å². The summed E-state index contributed by atoms with van der Waals surface area (Å²) in [5.74, 6) is -0.336. The van der Waals surface area contributed by atoms with Crippen LogP contribution in [-0.4, -0.2) is 17.6 Å². The molecule has 0 saturated heterocycles. The minimum atomic E-state index is -0.911. The fraction of sp³-hybridized carbons (Fsp3) is 0.0952. The first-order chi connectivity index (χ1) is 14.0. The van der Waals surface area contributed by atoms with Gasteiger partial charge in [0.1, 0.15) is 22.4 Å². The Morgan fingerprint density at radius 1 is 1.14 bits per heavy atom. The van der Waals surface area contributed by atoms with E-state index < -0.39 is 11.6 Å². The van der Waals surface area contributed by atoms with E-state index in [1.807, 2.05) is 6.92 Å². The van der Waals surface area contributed by atoms with Crippen LogP contribution in [0.1, 0.15) is 17.3 Å². The number of aromatic nitrogens is 1. The van der Waals surface area contributed by atoms with E-state index >= 15 is 0 Å². The lowest BCUT2D eigenvalue weighted by molar-refractivity contribution is 0.0732. The van der Waals surface area contributed by atoms with Gasteiger partial charge in [0.05, 0.1) is 16.7 Å². The molecule has 0 fully saturated rings. The fourth-order valence-electron chi connectivity index (χ4n) is 2.88. The maximum atomic E-state index is 12.7. The Labute approximate surface area is 174 Å². The highest BCUT2D eigenvalue weighted by molar-refractivity contribution is 6.39. The monoisotopic (exact) mass is 429 g/mol. The highest BCUT2D eigenvalue weighted by Crippen LogP contribution is 2.37. The molecule has 0 atom stereocenters. The van der Waals surface area contributed by atoms with Gasteiger partial charge < -0.3 is 13.9 Å². The Hall–Kier alpha value is -3.09. The molecule has 2 aromatic carbocycles. The number of rotatable bonds is 4. The third kappa shape index (κ3) is 3.64. The number of ether oxygens (including phenoxy) is 2. The van der Waals surface area contributed by atoms with Gasteiger partial charge in [0.2, 0.25) is 0 Å². The first-order valence-corrected chi connectivity index (χ1v) is 9.39. The Balaban J connectivity index is 1.75. The normalized spacial score (nSPS) is 11.0. The molecule has 4 aromatic rings. The maximum absolute atomic E-state index is 12.7. The van der Waals surface area contributed by atoms with Crippen LogP contribution in [0, 0.1) is 0 Å². The molecule has 0 unspecified atom stereocenters. The molecule has 29 heavy (non-hydrogen) atoms. The molecule has 6 nitrogen and oxygen atoms in total. The lowest BCUT2D eigenvalue weighted by Crippen LogP contribution is -2.19. The summed E-state index contributed by atoms with van der Waals surface area (Å²) in [5.41, 5.74) is -0.491. The molecular weight excluding hydrogens is 417 g/mol. The second kappa shape index (κ2) is 7.73. The molecule has 0 saturated carbocycles. The highest BCUT2D eigenvalue weighted by atomic mass is 35.5. The predicted molar refractivity (Wildman–Crippen MR) is 110 cm³/mol. The predicted octanol–water partition coefficient (Wildman–Crippen LogP) is 5.27. The van der Waals surface area contributed by atoms with Crippen LogP contribution in [0.3, 0.4) is 0 Å². The number of nitrogens with zero attached hydrogens (tertiary/aromatic N) is 1. The Kier molecular flexibility index (Phi) is 5.13. The smallest absolute Gasteiger partial charge is 0.351 e. The van der Waals surface area contributed by atoms with Crippen molar-refractivity contribution >= 4 is 51.0 Å². The molecule has 4 rings (SSSR count). The number of carbonyl (C=O) groups is 1. The van der Waals surface area contributed by atoms with Gasteiger partial charge in [-0.05, 0) is 43.3 Å². The topological polar surface area (TPSA) is 78.6 Å². The fourth-order valence-corrected chi connectivity index (χ4v) is 3.44. The number of fused-ring (bicyclic) bond motifs is 2. The molecule has 0 N–H and O–H groups in total. The molecule has 0 spiro atoms. The summed E-state index contributed by atoms with van der Waals surface area (Å²) in [7, 11) is 0. The molecule has 146 valence electrons. The summed E-state index contributed by atoms with van der Waals surface area (Å²) in [6, 6.07) is 11.3. The van der Waals surface area contributed by atoms with Crippen molar-refractivity contribution in [2.24, 2.45) is 0 Å². The van der Waals surface area contributed by atoms with Crippen LogP contribution in [0.15, 0.2) is 57.9 Å². The lowest BCUT2D eigenvalue weighted by Gasteiger charge is -2.10. The van der Waals surface area contributed by atoms with E-state index in [-0.39, 0.29) is 16.3 Å². The minimum Gasteiger partial charge on any atom is -0.494 e. The van der Waals surface area contributed by atoms with Crippen LogP contribution in [-0.2, 0) is 0 Å². The molecule has 0 aliphatic carbocycles. The van der Waals surface area contributed by atoms with Crippen LogP contribution >= 0.6 is 23.2 Å². The maximum Gasteiger partial charge on any atom is 0.351 e.